The van der Waals surface area contributed by atoms with Crippen LogP contribution in [0.2, 0.25) is 0 Å². The zero-order chi connectivity index (χ0) is 13.2. The van der Waals surface area contributed by atoms with Crippen molar-refractivity contribution < 1.29 is 0 Å². The number of aromatic nitrogens is 1. The Hall–Kier alpha value is -1.32. The van der Waals surface area contributed by atoms with Gasteiger partial charge in [0.1, 0.15) is 0 Å². The number of hydrogen-bond acceptors (Lipinski definition) is 2. The third-order valence-electron chi connectivity index (χ3n) is 4.31. The molecule has 3 nitrogen and oxygen atoms in total. The number of benzene rings is 1. The minimum Gasteiger partial charge on any atom is -0.350 e. The molecule has 2 aromatic rings. The highest BCUT2D eigenvalue weighted by molar-refractivity contribution is 5.84. The van der Waals surface area contributed by atoms with E-state index in [4.69, 9.17) is 5.73 Å². The van der Waals surface area contributed by atoms with Gasteiger partial charge in [-0.05, 0) is 36.1 Å². The summed E-state index contributed by atoms with van der Waals surface area (Å²) in [7, 11) is 2.11. The number of fused-ring (bicyclic) bond motifs is 1. The molecule has 0 saturated heterocycles. The van der Waals surface area contributed by atoms with E-state index in [-0.39, 0.29) is 0 Å². The Morgan fingerprint density at radius 2 is 2.11 bits per heavy atom. The first-order chi connectivity index (χ1) is 9.28. The summed E-state index contributed by atoms with van der Waals surface area (Å²) in [6, 6.07) is 7.25. The Bertz CT molecular complexity index is 565. The van der Waals surface area contributed by atoms with Gasteiger partial charge in [-0.2, -0.15) is 0 Å². The summed E-state index contributed by atoms with van der Waals surface area (Å²) in [5.74, 6) is 0. The van der Waals surface area contributed by atoms with E-state index in [9.17, 15) is 0 Å². The van der Waals surface area contributed by atoms with E-state index in [0.717, 1.165) is 6.54 Å². The molecule has 0 aliphatic heterocycles. The van der Waals surface area contributed by atoms with E-state index in [0.29, 0.717) is 12.6 Å². The van der Waals surface area contributed by atoms with Crippen molar-refractivity contribution in [2.45, 2.75) is 44.8 Å². The molecule has 0 atom stereocenters. The highest BCUT2D eigenvalue weighted by Gasteiger charge is 2.15. The van der Waals surface area contributed by atoms with Crippen LogP contribution in [-0.4, -0.2) is 10.6 Å². The Kier molecular flexibility index (Phi) is 3.58. The molecule has 3 heteroatoms. The van der Waals surface area contributed by atoms with Gasteiger partial charge in [0.25, 0.3) is 0 Å². The maximum Gasteiger partial charge on any atom is 0.0481 e. The van der Waals surface area contributed by atoms with Gasteiger partial charge in [-0.25, -0.2) is 0 Å². The highest BCUT2D eigenvalue weighted by Crippen LogP contribution is 2.23. The quantitative estimate of drug-likeness (QED) is 0.884. The Balaban J connectivity index is 1.84. The minimum atomic E-state index is 0.611. The van der Waals surface area contributed by atoms with Crippen LogP contribution in [0.4, 0.5) is 0 Å². The molecule has 3 rings (SSSR count). The summed E-state index contributed by atoms with van der Waals surface area (Å²) in [4.78, 5) is 0. The molecule has 1 fully saturated rings. The van der Waals surface area contributed by atoms with Gasteiger partial charge in [0.2, 0.25) is 0 Å². The van der Waals surface area contributed by atoms with E-state index in [1.165, 1.54) is 47.7 Å². The maximum atomic E-state index is 5.75. The summed E-state index contributed by atoms with van der Waals surface area (Å²) in [5.41, 5.74) is 9.64. The van der Waals surface area contributed by atoms with Crippen molar-refractivity contribution >= 4 is 10.9 Å². The van der Waals surface area contributed by atoms with Crippen LogP contribution in [-0.2, 0) is 20.1 Å². The topological polar surface area (TPSA) is 43.0 Å². The fourth-order valence-corrected chi connectivity index (χ4v) is 3.17. The largest absolute Gasteiger partial charge is 0.350 e. The minimum absolute atomic E-state index is 0.611. The van der Waals surface area contributed by atoms with Gasteiger partial charge in [0, 0.05) is 43.3 Å². The van der Waals surface area contributed by atoms with E-state index >= 15 is 0 Å². The van der Waals surface area contributed by atoms with E-state index in [1.54, 1.807) is 0 Å². The number of nitrogens with one attached hydrogen (secondary N) is 1. The summed E-state index contributed by atoms with van der Waals surface area (Å²) in [6.45, 7) is 1.58. The van der Waals surface area contributed by atoms with Crippen LogP contribution < -0.4 is 11.1 Å². The molecule has 1 heterocycles. The molecule has 0 bridgehead atoms. The lowest BCUT2D eigenvalue weighted by molar-refractivity contribution is 0.525. The SMILES string of the molecule is Cn1cc(CNC2CCCC2)c2cc(CN)ccc21. The molecule has 1 aromatic heterocycles. The Morgan fingerprint density at radius 3 is 2.84 bits per heavy atom. The highest BCUT2D eigenvalue weighted by atomic mass is 14.9. The molecular weight excluding hydrogens is 234 g/mol. The predicted molar refractivity (Wildman–Crippen MR) is 79.9 cm³/mol. The van der Waals surface area contributed by atoms with Crippen LogP contribution in [0, 0.1) is 0 Å². The first-order valence-electron chi connectivity index (χ1n) is 7.28. The fourth-order valence-electron chi connectivity index (χ4n) is 3.17. The predicted octanol–water partition coefficient (Wildman–Crippen LogP) is 2.67. The summed E-state index contributed by atoms with van der Waals surface area (Å²) in [6.07, 6.45) is 7.67. The molecule has 1 saturated carbocycles. The van der Waals surface area contributed by atoms with Crippen LogP contribution in [0.5, 0.6) is 0 Å². The van der Waals surface area contributed by atoms with Crippen molar-refractivity contribution in [3.63, 3.8) is 0 Å². The zero-order valence-electron chi connectivity index (χ0n) is 11.7. The molecule has 1 aliphatic carbocycles. The normalized spacial score (nSPS) is 16.5. The average molecular weight is 257 g/mol. The zero-order valence-corrected chi connectivity index (χ0v) is 11.7. The Labute approximate surface area is 114 Å². The lowest BCUT2D eigenvalue weighted by Crippen LogP contribution is -2.25. The van der Waals surface area contributed by atoms with Crippen LogP contribution in [0.15, 0.2) is 24.4 Å². The molecule has 1 aliphatic rings. The number of hydrogen-bond donors (Lipinski definition) is 2. The van der Waals surface area contributed by atoms with Gasteiger partial charge >= 0.3 is 0 Å². The van der Waals surface area contributed by atoms with Gasteiger partial charge in [-0.3, -0.25) is 0 Å². The molecule has 0 radical (unpaired) electrons. The number of nitrogens with zero attached hydrogens (tertiary/aromatic N) is 1. The standard InChI is InChI=1S/C16H23N3/c1-19-11-13(10-18-14-4-2-3-5-14)15-8-12(9-17)6-7-16(15)19/h6-8,11,14,18H,2-5,9-10,17H2,1H3. The van der Waals surface area contributed by atoms with Gasteiger partial charge in [-0.1, -0.05) is 18.9 Å². The molecule has 0 amide bonds. The van der Waals surface area contributed by atoms with Crippen molar-refractivity contribution in [3.8, 4) is 0 Å². The Morgan fingerprint density at radius 1 is 1.32 bits per heavy atom. The van der Waals surface area contributed by atoms with Gasteiger partial charge in [-0.15, -0.1) is 0 Å². The fraction of sp³-hybridized carbons (Fsp3) is 0.500. The van der Waals surface area contributed by atoms with Crippen LogP contribution in [0.25, 0.3) is 10.9 Å². The average Bonchev–Trinajstić information content (AvgIpc) is 3.05. The lowest BCUT2D eigenvalue weighted by Gasteiger charge is -2.11. The van der Waals surface area contributed by atoms with Crippen LogP contribution in [0.3, 0.4) is 0 Å². The van der Waals surface area contributed by atoms with Crippen molar-refractivity contribution in [2.75, 3.05) is 0 Å². The van der Waals surface area contributed by atoms with Gasteiger partial charge in [0.15, 0.2) is 0 Å². The second-order valence-corrected chi connectivity index (χ2v) is 5.68. The van der Waals surface area contributed by atoms with Crippen LogP contribution >= 0.6 is 0 Å². The summed E-state index contributed by atoms with van der Waals surface area (Å²) >= 11 is 0. The van der Waals surface area contributed by atoms with E-state index < -0.39 is 0 Å². The monoisotopic (exact) mass is 257 g/mol. The smallest absolute Gasteiger partial charge is 0.0481 e. The van der Waals surface area contributed by atoms with Gasteiger partial charge in [0.05, 0.1) is 0 Å². The second-order valence-electron chi connectivity index (χ2n) is 5.68. The number of rotatable bonds is 4. The maximum absolute atomic E-state index is 5.75. The first-order valence-corrected chi connectivity index (χ1v) is 7.28. The summed E-state index contributed by atoms with van der Waals surface area (Å²) in [5, 5.41) is 5.04. The number of aryl methyl sites for hydroxylation is 1. The van der Waals surface area contributed by atoms with Crippen molar-refractivity contribution in [3.05, 3.63) is 35.5 Å². The molecule has 0 spiro atoms. The third kappa shape index (κ3) is 2.53. The van der Waals surface area contributed by atoms with Gasteiger partial charge < -0.3 is 15.6 Å². The second kappa shape index (κ2) is 5.35. The molecule has 0 unspecified atom stereocenters. The van der Waals surface area contributed by atoms with E-state index in [2.05, 4.69) is 41.3 Å². The summed E-state index contributed by atoms with van der Waals surface area (Å²) < 4.78 is 2.21. The van der Waals surface area contributed by atoms with Crippen molar-refractivity contribution in [1.82, 2.24) is 9.88 Å². The van der Waals surface area contributed by atoms with Crippen LogP contribution in [0.1, 0.15) is 36.8 Å². The van der Waals surface area contributed by atoms with Crippen molar-refractivity contribution in [1.29, 1.82) is 0 Å². The molecule has 19 heavy (non-hydrogen) atoms. The van der Waals surface area contributed by atoms with E-state index in [1.807, 2.05) is 0 Å². The molecule has 102 valence electrons. The van der Waals surface area contributed by atoms with Crippen molar-refractivity contribution in [2.24, 2.45) is 12.8 Å². The first kappa shape index (κ1) is 12.7. The molecular formula is C16H23N3. The number of nitrogens with two attached hydrogens (primary N) is 1. The third-order valence-corrected chi connectivity index (χ3v) is 4.31. The molecule has 1 aromatic carbocycles. The molecule has 3 N–H and O–H groups in total. The lowest BCUT2D eigenvalue weighted by atomic mass is 10.1.